The van der Waals surface area contributed by atoms with Crippen LogP contribution < -0.4 is 0 Å². The van der Waals surface area contributed by atoms with E-state index < -0.39 is 0 Å². The van der Waals surface area contributed by atoms with Crippen LogP contribution in [-0.2, 0) is 0 Å². The minimum absolute atomic E-state index is 0.606. The Kier molecular flexibility index (Phi) is 7.46. The maximum Gasteiger partial charge on any atom is 0.161 e. The van der Waals surface area contributed by atoms with E-state index in [0.29, 0.717) is 5.82 Å². The smallest absolute Gasteiger partial charge is 0.161 e. The minimum atomic E-state index is 0.606. The lowest BCUT2D eigenvalue weighted by Crippen LogP contribution is -2.01. The third-order valence-electron chi connectivity index (χ3n) is 10.7. The Balaban J connectivity index is 1.28. The molecule has 0 bridgehead atoms. The second kappa shape index (κ2) is 13.1. The molecule has 0 radical (unpaired) electrons. The SMILES string of the molecule is c1ccc(-c2ccc(-c3ccccc3)c(-c3nc(-c4cccc5c4oc4ccccc45)cc(-c4cccc5c4oc4ccccc45)n3)c2-c2ccccc2)cc1. The summed E-state index contributed by atoms with van der Waals surface area (Å²) in [6.07, 6.45) is 0. The molecule has 0 saturated carbocycles. The third-order valence-corrected chi connectivity index (χ3v) is 10.7. The van der Waals surface area contributed by atoms with Crippen molar-refractivity contribution in [1.82, 2.24) is 9.97 Å². The second-order valence-corrected chi connectivity index (χ2v) is 14.0. The van der Waals surface area contributed by atoms with Crippen LogP contribution >= 0.6 is 0 Å². The van der Waals surface area contributed by atoms with E-state index in [1.165, 1.54) is 0 Å². The summed E-state index contributed by atoms with van der Waals surface area (Å²) in [7, 11) is 0. The molecule has 0 spiro atoms. The summed E-state index contributed by atoms with van der Waals surface area (Å²) in [6, 6.07) is 67.2. The van der Waals surface area contributed by atoms with E-state index in [1.807, 2.05) is 24.3 Å². The van der Waals surface area contributed by atoms with Crippen molar-refractivity contribution in [2.24, 2.45) is 0 Å². The number of rotatable bonds is 6. The van der Waals surface area contributed by atoms with Gasteiger partial charge in [0.2, 0.25) is 0 Å². The molecule has 11 rings (SSSR count). The van der Waals surface area contributed by atoms with E-state index in [-0.39, 0.29) is 0 Å². The lowest BCUT2D eigenvalue weighted by molar-refractivity contribution is 0.669. The van der Waals surface area contributed by atoms with E-state index in [4.69, 9.17) is 18.8 Å². The van der Waals surface area contributed by atoms with Crippen molar-refractivity contribution in [1.29, 1.82) is 0 Å². The molecule has 0 aliphatic carbocycles. The van der Waals surface area contributed by atoms with Gasteiger partial charge in [0.05, 0.1) is 11.4 Å². The largest absolute Gasteiger partial charge is 0.455 e. The van der Waals surface area contributed by atoms with Crippen molar-refractivity contribution < 1.29 is 8.83 Å². The highest BCUT2D eigenvalue weighted by molar-refractivity contribution is 6.11. The first-order chi connectivity index (χ1) is 27.8. The molecule has 4 heteroatoms. The zero-order valence-corrected chi connectivity index (χ0v) is 30.2. The highest BCUT2D eigenvalue weighted by Crippen LogP contribution is 2.46. The monoisotopic (exact) mass is 716 g/mol. The first kappa shape index (κ1) is 31.9. The Bertz CT molecular complexity index is 3100. The van der Waals surface area contributed by atoms with Crippen LogP contribution in [0.1, 0.15) is 0 Å². The Morgan fingerprint density at radius 2 is 0.714 bits per heavy atom. The predicted octanol–water partition coefficient (Wildman–Crippen LogP) is 14.3. The van der Waals surface area contributed by atoms with Crippen molar-refractivity contribution in [2.45, 2.75) is 0 Å². The van der Waals surface area contributed by atoms with Crippen LogP contribution in [0.3, 0.4) is 0 Å². The van der Waals surface area contributed by atoms with Gasteiger partial charge in [0.15, 0.2) is 5.82 Å². The van der Waals surface area contributed by atoms with Crippen LogP contribution in [0, 0.1) is 0 Å². The van der Waals surface area contributed by atoms with Crippen molar-refractivity contribution in [3.8, 4) is 67.3 Å². The molecule has 11 aromatic rings. The molecule has 0 atom stereocenters. The highest BCUT2D eigenvalue weighted by Gasteiger charge is 2.24. The van der Waals surface area contributed by atoms with Gasteiger partial charge in [0.25, 0.3) is 0 Å². The summed E-state index contributed by atoms with van der Waals surface area (Å²) in [5, 5.41) is 4.22. The highest BCUT2D eigenvalue weighted by atomic mass is 16.3. The van der Waals surface area contributed by atoms with E-state index >= 15 is 0 Å². The zero-order chi connectivity index (χ0) is 37.0. The number of hydrogen-bond donors (Lipinski definition) is 0. The molecule has 56 heavy (non-hydrogen) atoms. The van der Waals surface area contributed by atoms with E-state index in [1.54, 1.807) is 0 Å². The summed E-state index contributed by atoms with van der Waals surface area (Å²) in [5.41, 5.74) is 14.0. The molecule has 0 aliphatic rings. The van der Waals surface area contributed by atoms with Gasteiger partial charge in [-0.3, -0.25) is 0 Å². The number of hydrogen-bond acceptors (Lipinski definition) is 4. The third kappa shape index (κ3) is 5.23. The predicted molar refractivity (Wildman–Crippen MR) is 229 cm³/mol. The molecular formula is C52H32N2O2. The summed E-state index contributed by atoms with van der Waals surface area (Å²) >= 11 is 0. The molecule has 0 aliphatic heterocycles. The van der Waals surface area contributed by atoms with E-state index in [0.717, 1.165) is 105 Å². The van der Waals surface area contributed by atoms with Crippen molar-refractivity contribution >= 4 is 43.9 Å². The molecule has 262 valence electrons. The molecule has 0 saturated heterocycles. The van der Waals surface area contributed by atoms with Crippen LogP contribution in [0.15, 0.2) is 203 Å². The number of aromatic nitrogens is 2. The van der Waals surface area contributed by atoms with E-state index in [9.17, 15) is 0 Å². The Labute approximate surface area is 323 Å². The molecule has 0 N–H and O–H groups in total. The quantitative estimate of drug-likeness (QED) is 0.172. The minimum Gasteiger partial charge on any atom is -0.455 e. The Morgan fingerprint density at radius 3 is 1.21 bits per heavy atom. The van der Waals surface area contributed by atoms with Gasteiger partial charge in [0.1, 0.15) is 22.3 Å². The first-order valence-electron chi connectivity index (χ1n) is 18.8. The Hall–Kier alpha value is -7.56. The second-order valence-electron chi connectivity index (χ2n) is 14.0. The van der Waals surface area contributed by atoms with Crippen LogP contribution in [0.2, 0.25) is 0 Å². The Morgan fingerprint density at radius 1 is 0.304 bits per heavy atom. The zero-order valence-electron chi connectivity index (χ0n) is 30.2. The van der Waals surface area contributed by atoms with Gasteiger partial charge in [0, 0.05) is 43.8 Å². The number of fused-ring (bicyclic) bond motifs is 6. The number of para-hydroxylation sites is 4. The van der Waals surface area contributed by atoms with E-state index in [2.05, 4.69) is 170 Å². The average Bonchev–Trinajstić information content (AvgIpc) is 3.85. The van der Waals surface area contributed by atoms with Crippen molar-refractivity contribution in [3.63, 3.8) is 0 Å². The normalized spacial score (nSPS) is 11.6. The summed E-state index contributed by atoms with van der Waals surface area (Å²) in [6.45, 7) is 0. The molecule has 0 unspecified atom stereocenters. The molecule has 3 aromatic heterocycles. The summed E-state index contributed by atoms with van der Waals surface area (Å²) in [5.74, 6) is 0.606. The maximum absolute atomic E-state index is 6.62. The standard InChI is InChI=1S/C52H32N2O2/c1-4-16-33(17-5-1)36-30-31-37(34-18-6-2-7-19-34)49(48(36)35-20-8-3-9-21-35)52-53-44(42-26-14-24-40-38-22-10-12-28-46(38)55-50(40)42)32-45(54-52)43-27-15-25-41-39-23-11-13-29-47(39)56-51(41)43/h1-32H. The van der Waals surface area contributed by atoms with Crippen LogP contribution in [0.4, 0.5) is 0 Å². The van der Waals surface area contributed by atoms with Crippen LogP contribution in [0.25, 0.3) is 111 Å². The fourth-order valence-corrected chi connectivity index (χ4v) is 8.19. The summed E-state index contributed by atoms with van der Waals surface area (Å²) in [4.78, 5) is 11.1. The lowest BCUT2D eigenvalue weighted by atomic mass is 9.85. The van der Waals surface area contributed by atoms with Crippen LogP contribution in [0.5, 0.6) is 0 Å². The molecule has 4 nitrogen and oxygen atoms in total. The first-order valence-corrected chi connectivity index (χ1v) is 18.8. The number of nitrogens with zero attached hydrogens (tertiary/aromatic N) is 2. The fourth-order valence-electron chi connectivity index (χ4n) is 8.19. The fraction of sp³-hybridized carbons (Fsp3) is 0. The van der Waals surface area contributed by atoms with Crippen LogP contribution in [-0.4, -0.2) is 9.97 Å². The summed E-state index contributed by atoms with van der Waals surface area (Å²) < 4.78 is 13.2. The topological polar surface area (TPSA) is 52.1 Å². The van der Waals surface area contributed by atoms with Gasteiger partial charge in [-0.1, -0.05) is 164 Å². The molecular weight excluding hydrogens is 685 g/mol. The van der Waals surface area contributed by atoms with Gasteiger partial charge >= 0.3 is 0 Å². The molecule has 8 aromatic carbocycles. The molecule has 0 amide bonds. The number of furan rings is 2. The molecule has 0 fully saturated rings. The van der Waals surface area contributed by atoms with Gasteiger partial charge in [-0.15, -0.1) is 0 Å². The van der Waals surface area contributed by atoms with Crippen molar-refractivity contribution in [3.05, 3.63) is 194 Å². The maximum atomic E-state index is 6.62. The van der Waals surface area contributed by atoms with Gasteiger partial charge < -0.3 is 8.83 Å². The van der Waals surface area contributed by atoms with Gasteiger partial charge in [-0.05, 0) is 58.1 Å². The van der Waals surface area contributed by atoms with Gasteiger partial charge in [-0.25, -0.2) is 9.97 Å². The van der Waals surface area contributed by atoms with Crippen molar-refractivity contribution in [2.75, 3.05) is 0 Å². The molecule has 3 heterocycles. The number of benzene rings is 8. The van der Waals surface area contributed by atoms with Gasteiger partial charge in [-0.2, -0.15) is 0 Å². The lowest BCUT2D eigenvalue weighted by Gasteiger charge is -2.20. The average molecular weight is 717 g/mol.